The van der Waals surface area contributed by atoms with Gasteiger partial charge in [0.25, 0.3) is 0 Å². The van der Waals surface area contributed by atoms with Gasteiger partial charge in [0.2, 0.25) is 0 Å². The van der Waals surface area contributed by atoms with E-state index in [0.717, 1.165) is 60.2 Å². The predicted octanol–water partition coefficient (Wildman–Crippen LogP) is 4.65. The molecule has 5 aromatic heterocycles. The first kappa shape index (κ1) is 24.7. The van der Waals surface area contributed by atoms with Crippen LogP contribution in [-0.2, 0) is 0 Å². The molecule has 0 bridgehead atoms. The maximum atomic E-state index is 13.3. The van der Waals surface area contributed by atoms with E-state index in [0.29, 0.717) is 17.3 Å². The van der Waals surface area contributed by atoms with Crippen molar-refractivity contribution in [1.29, 1.82) is 5.26 Å². The fourth-order valence-electron chi connectivity index (χ4n) is 5.20. The summed E-state index contributed by atoms with van der Waals surface area (Å²) in [6.45, 7) is 4.08. The van der Waals surface area contributed by atoms with Crippen LogP contribution < -0.4 is 10.2 Å². The molecule has 0 spiro atoms. The molecule has 1 aliphatic rings. The smallest absolute Gasteiger partial charge is 0.161 e. The van der Waals surface area contributed by atoms with Gasteiger partial charge in [0, 0.05) is 36.8 Å². The molecule has 9 nitrogen and oxygen atoms in total. The molecule has 1 saturated heterocycles. The van der Waals surface area contributed by atoms with E-state index in [9.17, 15) is 9.65 Å². The monoisotopic (exact) mass is 521 g/mol. The Balaban J connectivity index is 1.27. The lowest BCUT2D eigenvalue weighted by molar-refractivity contribution is 0.459. The van der Waals surface area contributed by atoms with E-state index in [1.165, 1.54) is 16.4 Å². The molecule has 5 aromatic rings. The molecule has 0 amide bonds. The summed E-state index contributed by atoms with van der Waals surface area (Å²) >= 11 is 0. The third-order valence-electron chi connectivity index (χ3n) is 7.60. The van der Waals surface area contributed by atoms with Crippen LogP contribution in [0.4, 0.5) is 10.2 Å². The van der Waals surface area contributed by atoms with E-state index in [2.05, 4.69) is 56.7 Å². The van der Waals surface area contributed by atoms with Crippen LogP contribution in [0.25, 0.3) is 22.5 Å². The maximum absolute atomic E-state index is 13.3. The second kappa shape index (κ2) is 10.3. The molecule has 6 rings (SSSR count). The Hall–Kier alpha value is -4.62. The summed E-state index contributed by atoms with van der Waals surface area (Å²) < 4.78 is 16.5. The lowest BCUT2D eigenvalue weighted by Crippen LogP contribution is -2.26. The molecule has 6 heterocycles. The predicted molar refractivity (Wildman–Crippen MR) is 146 cm³/mol. The first-order chi connectivity index (χ1) is 19.0. The van der Waals surface area contributed by atoms with E-state index in [1.54, 1.807) is 12.4 Å². The van der Waals surface area contributed by atoms with E-state index in [4.69, 9.17) is 4.98 Å². The van der Waals surface area contributed by atoms with Gasteiger partial charge in [-0.1, -0.05) is 6.07 Å². The first-order valence-corrected chi connectivity index (χ1v) is 13.0. The fraction of sp³-hybridized carbons (Fsp3) is 0.276. The fourth-order valence-corrected chi connectivity index (χ4v) is 5.20. The van der Waals surface area contributed by atoms with Gasteiger partial charge in [-0.15, -0.1) is 0 Å². The van der Waals surface area contributed by atoms with Gasteiger partial charge in [0.15, 0.2) is 11.6 Å². The van der Waals surface area contributed by atoms with E-state index >= 15 is 0 Å². The van der Waals surface area contributed by atoms with Gasteiger partial charge in [0.05, 0.1) is 35.7 Å². The van der Waals surface area contributed by atoms with Crippen molar-refractivity contribution < 1.29 is 4.39 Å². The van der Waals surface area contributed by atoms with Gasteiger partial charge in [-0.05, 0) is 74.2 Å². The Morgan fingerprint density at radius 3 is 2.56 bits per heavy atom. The minimum atomic E-state index is -0.403. The normalized spacial score (nSPS) is 14.8. The molecule has 1 aliphatic heterocycles. The third kappa shape index (κ3) is 4.73. The van der Waals surface area contributed by atoms with E-state index in [1.807, 2.05) is 36.0 Å². The minimum Gasteiger partial charge on any atom is -0.353 e. The highest BCUT2D eigenvalue weighted by Gasteiger charge is 2.20. The third-order valence-corrected chi connectivity index (χ3v) is 7.60. The number of piperidine rings is 1. The average Bonchev–Trinajstić information content (AvgIpc) is 3.62. The van der Waals surface area contributed by atoms with Crippen molar-refractivity contribution in [2.75, 3.05) is 25.0 Å². The number of hydrogen-bond acceptors (Lipinski definition) is 7. The lowest BCUT2D eigenvalue weighted by Gasteiger charge is -2.26. The topological polar surface area (TPSA) is 100.0 Å². The molecular weight excluding hydrogens is 493 g/mol. The molecule has 0 aliphatic carbocycles. The SMILES string of the molecule is CC(c1ccc(-n2cc(F)cn2)nc1)N(C)c1ccc(-c2cc(C3CCNCC3)cn3ncc(C#N)c23)cn1. The number of nitrogens with zero attached hydrogens (tertiary/aromatic N) is 8. The van der Waals surface area contributed by atoms with Crippen molar-refractivity contribution in [3.8, 4) is 23.0 Å². The van der Waals surface area contributed by atoms with Crippen LogP contribution in [0.5, 0.6) is 0 Å². The Morgan fingerprint density at radius 1 is 1.05 bits per heavy atom. The quantitative estimate of drug-likeness (QED) is 0.347. The van der Waals surface area contributed by atoms with Crippen molar-refractivity contribution in [2.45, 2.75) is 31.7 Å². The molecule has 1 unspecified atom stereocenters. The molecule has 0 saturated carbocycles. The summed E-state index contributed by atoms with van der Waals surface area (Å²) in [4.78, 5) is 11.3. The van der Waals surface area contributed by atoms with Crippen LogP contribution in [0.1, 0.15) is 48.4 Å². The number of halogens is 1. The second-order valence-corrected chi connectivity index (χ2v) is 9.92. The van der Waals surface area contributed by atoms with Crippen molar-refractivity contribution in [2.24, 2.45) is 0 Å². The summed E-state index contributed by atoms with van der Waals surface area (Å²) in [6, 6.07) is 12.3. The van der Waals surface area contributed by atoms with Crippen LogP contribution >= 0.6 is 0 Å². The zero-order valence-corrected chi connectivity index (χ0v) is 21.8. The van der Waals surface area contributed by atoms with Gasteiger partial charge in [-0.2, -0.15) is 15.5 Å². The van der Waals surface area contributed by atoms with E-state index < -0.39 is 5.82 Å². The van der Waals surface area contributed by atoms with Crippen molar-refractivity contribution in [3.05, 3.63) is 90.0 Å². The van der Waals surface area contributed by atoms with Gasteiger partial charge in [0.1, 0.15) is 11.9 Å². The van der Waals surface area contributed by atoms with Gasteiger partial charge >= 0.3 is 0 Å². The van der Waals surface area contributed by atoms with Crippen LogP contribution in [0.3, 0.4) is 0 Å². The largest absolute Gasteiger partial charge is 0.353 e. The maximum Gasteiger partial charge on any atom is 0.161 e. The highest BCUT2D eigenvalue weighted by molar-refractivity contribution is 5.84. The minimum absolute atomic E-state index is 0.00535. The average molecular weight is 522 g/mol. The number of fused-ring (bicyclic) bond motifs is 1. The second-order valence-electron chi connectivity index (χ2n) is 9.92. The van der Waals surface area contributed by atoms with Gasteiger partial charge in [-0.3, -0.25) is 0 Å². The molecule has 1 atom stereocenters. The Labute approximate surface area is 225 Å². The Bertz CT molecular complexity index is 1640. The summed E-state index contributed by atoms with van der Waals surface area (Å²) in [7, 11) is 1.99. The van der Waals surface area contributed by atoms with Gasteiger partial charge in [-0.25, -0.2) is 23.6 Å². The summed E-state index contributed by atoms with van der Waals surface area (Å²) in [5, 5.41) is 21.6. The van der Waals surface area contributed by atoms with Crippen molar-refractivity contribution in [1.82, 2.24) is 34.7 Å². The summed E-state index contributed by atoms with van der Waals surface area (Å²) in [5.41, 5.74) is 5.48. The Kier molecular flexibility index (Phi) is 6.50. The number of anilines is 1. The number of aromatic nitrogens is 6. The lowest BCUT2D eigenvalue weighted by atomic mass is 9.89. The van der Waals surface area contributed by atoms with Crippen LogP contribution in [0.15, 0.2) is 67.5 Å². The Morgan fingerprint density at radius 2 is 1.90 bits per heavy atom. The zero-order valence-electron chi connectivity index (χ0n) is 21.8. The number of nitriles is 1. The number of pyridine rings is 3. The van der Waals surface area contributed by atoms with Crippen LogP contribution in [0.2, 0.25) is 0 Å². The zero-order chi connectivity index (χ0) is 26.9. The molecule has 39 heavy (non-hydrogen) atoms. The summed E-state index contributed by atoms with van der Waals surface area (Å²) in [6.07, 6.45) is 11.9. The molecule has 1 N–H and O–H groups in total. The van der Waals surface area contributed by atoms with E-state index in [-0.39, 0.29) is 6.04 Å². The number of nitrogens with one attached hydrogen (secondary N) is 1. The number of hydrogen-bond donors (Lipinski definition) is 1. The standard InChI is InChI=1S/C29H28FN9/c1-19(21-3-6-28(34-13-21)38-18-25(30)16-36-38)37(2)27-5-4-22(14-33-27)26-11-23(20-7-9-32-10-8-20)17-39-29(26)24(12-31)15-35-39/h3-6,11,13-20,32H,7-10H2,1-2H3. The van der Waals surface area contributed by atoms with Crippen LogP contribution in [0, 0.1) is 17.1 Å². The number of rotatable bonds is 6. The van der Waals surface area contributed by atoms with Crippen molar-refractivity contribution >= 4 is 11.3 Å². The first-order valence-electron chi connectivity index (χ1n) is 13.0. The molecule has 0 aromatic carbocycles. The van der Waals surface area contributed by atoms with Crippen molar-refractivity contribution in [3.63, 3.8) is 0 Å². The van der Waals surface area contributed by atoms with Crippen LogP contribution in [-0.4, -0.2) is 49.5 Å². The molecule has 1 fully saturated rings. The molecule has 10 heteroatoms. The molecule has 196 valence electrons. The highest BCUT2D eigenvalue weighted by atomic mass is 19.1. The van der Waals surface area contributed by atoms with Gasteiger partial charge < -0.3 is 10.2 Å². The molecular formula is C29H28FN9. The summed E-state index contributed by atoms with van der Waals surface area (Å²) in [5.74, 6) is 1.41. The molecule has 0 radical (unpaired) electrons. The highest BCUT2D eigenvalue weighted by Crippen LogP contribution is 2.34.